The van der Waals surface area contributed by atoms with Crippen molar-refractivity contribution in [3.05, 3.63) is 59.1 Å². The van der Waals surface area contributed by atoms with Gasteiger partial charge in [-0.05, 0) is 19.1 Å². The van der Waals surface area contributed by atoms with E-state index in [2.05, 4.69) is 16.9 Å². The van der Waals surface area contributed by atoms with Crippen molar-refractivity contribution in [1.29, 1.82) is 0 Å². The maximum Gasteiger partial charge on any atom is 0.264 e. The number of nitrogens with zero attached hydrogens (tertiary/aromatic N) is 2. The van der Waals surface area contributed by atoms with Crippen molar-refractivity contribution >= 4 is 38.9 Å². The van der Waals surface area contributed by atoms with Crippen LogP contribution >= 0.6 is 11.3 Å². The molecule has 1 aromatic carbocycles. The first-order valence-corrected chi connectivity index (χ1v) is 10.8. The van der Waals surface area contributed by atoms with E-state index >= 15 is 0 Å². The van der Waals surface area contributed by atoms with Crippen LogP contribution in [-0.4, -0.2) is 38.2 Å². The molecule has 7 heteroatoms. The molecule has 0 saturated carbocycles. The molecular weight excluding hydrogens is 398 g/mol. The molecule has 1 aliphatic rings. The Morgan fingerprint density at radius 3 is 2.93 bits per heavy atom. The van der Waals surface area contributed by atoms with Gasteiger partial charge >= 0.3 is 0 Å². The fourth-order valence-corrected chi connectivity index (χ4v) is 5.00. The van der Waals surface area contributed by atoms with Gasteiger partial charge in [-0.2, -0.15) is 0 Å². The fraction of sp³-hybridized carbons (Fsp3) is 0.304. The zero-order chi connectivity index (χ0) is 21.3. The lowest BCUT2D eigenvalue weighted by molar-refractivity contribution is 0.0929. The number of hydrogen-bond acceptors (Lipinski definition) is 6. The molecular formula is C23H25N3O3S. The van der Waals surface area contributed by atoms with Crippen LogP contribution in [0.4, 0.5) is 5.69 Å². The molecule has 30 heavy (non-hydrogen) atoms. The van der Waals surface area contributed by atoms with Gasteiger partial charge in [-0.3, -0.25) is 9.78 Å². The number of aromatic nitrogens is 1. The van der Waals surface area contributed by atoms with Crippen molar-refractivity contribution in [2.75, 3.05) is 32.2 Å². The number of thiophene rings is 1. The summed E-state index contributed by atoms with van der Waals surface area (Å²) in [5.41, 5.74) is 3.46. The molecule has 0 saturated heterocycles. The Kier molecular flexibility index (Phi) is 5.63. The van der Waals surface area contributed by atoms with Gasteiger partial charge in [-0.1, -0.05) is 24.8 Å². The highest BCUT2D eigenvalue weighted by atomic mass is 32.1. The van der Waals surface area contributed by atoms with Crippen molar-refractivity contribution in [2.45, 2.75) is 19.4 Å². The topological polar surface area (TPSA) is 63.7 Å². The molecule has 0 spiro atoms. The SMILES string of the molecule is C=C(OCC)c1ccnc2c(N(C)C)c(C(=O)N[C@H]3CCOc4ccccc43)sc12. The number of nitrogens with one attached hydrogen (secondary N) is 1. The fourth-order valence-electron chi connectivity index (χ4n) is 3.73. The van der Waals surface area contributed by atoms with Crippen molar-refractivity contribution in [3.8, 4) is 5.75 Å². The maximum absolute atomic E-state index is 13.4. The quantitative estimate of drug-likeness (QED) is 0.586. The summed E-state index contributed by atoms with van der Waals surface area (Å²) in [6.45, 7) is 7.08. The smallest absolute Gasteiger partial charge is 0.264 e. The molecule has 2 aromatic heterocycles. The van der Waals surface area contributed by atoms with Gasteiger partial charge in [0.05, 0.1) is 29.6 Å². The van der Waals surface area contributed by atoms with Gasteiger partial charge in [-0.15, -0.1) is 11.3 Å². The largest absolute Gasteiger partial charge is 0.494 e. The van der Waals surface area contributed by atoms with Gasteiger partial charge in [0.25, 0.3) is 5.91 Å². The number of pyridine rings is 1. The number of carbonyl (C=O) groups excluding carboxylic acids is 1. The molecule has 6 nitrogen and oxygen atoms in total. The number of amides is 1. The number of benzene rings is 1. The first-order valence-electron chi connectivity index (χ1n) is 9.94. The molecule has 0 bridgehead atoms. The van der Waals surface area contributed by atoms with Crippen molar-refractivity contribution in [2.24, 2.45) is 0 Å². The van der Waals surface area contributed by atoms with E-state index < -0.39 is 0 Å². The zero-order valence-corrected chi connectivity index (χ0v) is 18.2. The van der Waals surface area contributed by atoms with E-state index in [1.165, 1.54) is 11.3 Å². The van der Waals surface area contributed by atoms with Crippen molar-refractivity contribution < 1.29 is 14.3 Å². The van der Waals surface area contributed by atoms with Gasteiger partial charge in [0.1, 0.15) is 21.9 Å². The molecule has 3 aromatic rings. The van der Waals surface area contributed by atoms with E-state index in [4.69, 9.17) is 9.47 Å². The monoisotopic (exact) mass is 423 g/mol. The van der Waals surface area contributed by atoms with Crippen LogP contribution in [0.25, 0.3) is 16.0 Å². The molecule has 156 valence electrons. The summed E-state index contributed by atoms with van der Waals surface area (Å²) in [6, 6.07) is 9.64. The third-order valence-corrected chi connectivity index (χ3v) is 6.28. The maximum atomic E-state index is 13.4. The predicted octanol–water partition coefficient (Wildman–Crippen LogP) is 4.62. The minimum Gasteiger partial charge on any atom is -0.494 e. The van der Waals surface area contributed by atoms with E-state index in [9.17, 15) is 4.79 Å². The van der Waals surface area contributed by atoms with Crippen LogP contribution in [-0.2, 0) is 4.74 Å². The highest BCUT2D eigenvalue weighted by Gasteiger charge is 2.27. The summed E-state index contributed by atoms with van der Waals surface area (Å²) in [5, 5.41) is 3.20. The van der Waals surface area contributed by atoms with E-state index in [1.54, 1.807) is 6.20 Å². The second kappa shape index (κ2) is 8.36. The van der Waals surface area contributed by atoms with Crippen LogP contribution in [0.2, 0.25) is 0 Å². The lowest BCUT2D eigenvalue weighted by atomic mass is 10.0. The van der Waals surface area contributed by atoms with E-state index in [-0.39, 0.29) is 11.9 Å². The number of hydrogen-bond donors (Lipinski definition) is 1. The summed E-state index contributed by atoms with van der Waals surface area (Å²) in [7, 11) is 3.85. The average molecular weight is 424 g/mol. The zero-order valence-electron chi connectivity index (χ0n) is 17.4. The molecule has 0 unspecified atom stereocenters. The third-order valence-electron chi connectivity index (χ3n) is 5.08. The first-order chi connectivity index (χ1) is 14.5. The molecule has 0 radical (unpaired) electrons. The second-order valence-electron chi connectivity index (χ2n) is 7.27. The molecule has 0 aliphatic carbocycles. The molecule has 1 aliphatic heterocycles. The Morgan fingerprint density at radius 1 is 1.37 bits per heavy atom. The number of rotatable bonds is 6. The Labute approximate surface area is 180 Å². The lowest BCUT2D eigenvalue weighted by Gasteiger charge is -2.26. The lowest BCUT2D eigenvalue weighted by Crippen LogP contribution is -2.32. The molecule has 4 rings (SSSR count). The summed E-state index contributed by atoms with van der Waals surface area (Å²) in [4.78, 5) is 20.5. The van der Waals surface area contributed by atoms with Gasteiger partial charge in [0.2, 0.25) is 0 Å². The Bertz CT molecular complexity index is 1110. The van der Waals surface area contributed by atoms with Gasteiger partial charge in [0.15, 0.2) is 0 Å². The predicted molar refractivity (Wildman–Crippen MR) is 121 cm³/mol. The molecule has 1 atom stereocenters. The Hall–Kier alpha value is -3.06. The van der Waals surface area contributed by atoms with Crippen LogP contribution < -0.4 is 15.0 Å². The van der Waals surface area contributed by atoms with E-state index in [0.717, 1.165) is 39.2 Å². The number of carbonyl (C=O) groups is 1. The molecule has 3 heterocycles. The second-order valence-corrected chi connectivity index (χ2v) is 8.29. The number of para-hydroxylation sites is 1. The summed E-state index contributed by atoms with van der Waals surface area (Å²) >= 11 is 1.42. The van der Waals surface area contributed by atoms with Crippen LogP contribution in [0, 0.1) is 0 Å². The van der Waals surface area contributed by atoms with Crippen LogP contribution in [0.3, 0.4) is 0 Å². The third kappa shape index (κ3) is 3.61. The normalized spacial score (nSPS) is 15.2. The van der Waals surface area contributed by atoms with Crippen LogP contribution in [0.5, 0.6) is 5.75 Å². The van der Waals surface area contributed by atoms with Gasteiger partial charge in [-0.25, -0.2) is 0 Å². The number of anilines is 1. The summed E-state index contributed by atoms with van der Waals surface area (Å²) < 4.78 is 12.2. The average Bonchev–Trinajstić information content (AvgIpc) is 3.14. The standard InChI is InChI=1S/C23H25N3O3S/c1-5-28-14(2)15-10-12-24-19-20(26(3)4)22(30-21(15)19)23(27)25-17-11-13-29-18-9-7-6-8-16(17)18/h6-10,12,17H,2,5,11,13H2,1,3-4H3,(H,25,27)/t17-/m0/s1. The van der Waals surface area contributed by atoms with E-state index in [0.29, 0.717) is 23.9 Å². The molecule has 1 amide bonds. The highest BCUT2D eigenvalue weighted by Crippen LogP contribution is 2.40. The van der Waals surface area contributed by atoms with Crippen LogP contribution in [0.1, 0.15) is 40.2 Å². The number of ether oxygens (including phenoxy) is 2. The Balaban J connectivity index is 1.73. The van der Waals surface area contributed by atoms with Gasteiger partial charge < -0.3 is 19.7 Å². The van der Waals surface area contributed by atoms with Crippen molar-refractivity contribution in [1.82, 2.24) is 10.3 Å². The van der Waals surface area contributed by atoms with Gasteiger partial charge in [0, 0.05) is 37.8 Å². The minimum atomic E-state index is -0.114. The number of fused-ring (bicyclic) bond motifs is 2. The molecule has 1 N–H and O–H groups in total. The minimum absolute atomic E-state index is 0.0894. The Morgan fingerprint density at radius 2 is 2.17 bits per heavy atom. The molecule has 0 fully saturated rings. The summed E-state index contributed by atoms with van der Waals surface area (Å²) in [6.07, 6.45) is 2.47. The summed E-state index contributed by atoms with van der Waals surface area (Å²) in [5.74, 6) is 1.30. The highest BCUT2D eigenvalue weighted by molar-refractivity contribution is 7.21. The van der Waals surface area contributed by atoms with Crippen molar-refractivity contribution in [3.63, 3.8) is 0 Å². The first kappa shape index (κ1) is 20.2. The van der Waals surface area contributed by atoms with Crippen LogP contribution in [0.15, 0.2) is 43.1 Å². The van der Waals surface area contributed by atoms with E-state index in [1.807, 2.05) is 56.3 Å².